The Morgan fingerprint density at radius 3 is 1.38 bits per heavy atom. The molecule has 0 bridgehead atoms. The van der Waals surface area contributed by atoms with E-state index in [2.05, 4.69) is 41.9 Å². The number of amides is 7. The standard InChI is InChI=1S/C49H72N14O9/c1-3-29(2)40(47(72)58-35(41(51)66)13-7-8-24-50)63-44(69)37(15-10-26-57-49(54)55)60-45(70)38(27-30-16-20-33(64)21-17-30)62-46(71)39(28-31-18-22-34(65)23-19-31)61-43(68)36(14-9-25-56-48(52)53)59-42(67)32-11-5-4-6-12-32/h4-6,11-12,16-23,29,35-40,64-65H,3,7-10,13-15,24-28,50H2,1-2H3,(H2,51,66)(H,58,72)(H,59,67)(H,60,70)(H,61,68)(H,62,71)(H,63,69)(H4,52,53,56)(H4,54,55,57)/t29-,35-,36-,37-,38-,39-,40-/m0/s1. The van der Waals surface area contributed by atoms with Crippen molar-refractivity contribution in [3.63, 3.8) is 0 Å². The monoisotopic (exact) mass is 1000 g/mol. The molecule has 3 aromatic rings. The lowest BCUT2D eigenvalue weighted by Crippen LogP contribution is -2.61. The minimum absolute atomic E-state index is 0.0489. The number of benzene rings is 3. The van der Waals surface area contributed by atoms with E-state index in [1.165, 1.54) is 36.4 Å². The topological polar surface area (TPSA) is 413 Å². The summed E-state index contributed by atoms with van der Waals surface area (Å²) in [7, 11) is 0. The molecule has 23 heteroatoms. The van der Waals surface area contributed by atoms with Crippen LogP contribution in [-0.4, -0.2) is 119 Å². The van der Waals surface area contributed by atoms with Crippen LogP contribution in [0.1, 0.15) is 86.7 Å². The van der Waals surface area contributed by atoms with Crippen molar-refractivity contribution in [2.24, 2.45) is 50.3 Å². The average molecular weight is 1000 g/mol. The van der Waals surface area contributed by atoms with Crippen molar-refractivity contribution in [1.29, 1.82) is 0 Å². The lowest BCUT2D eigenvalue weighted by molar-refractivity contribution is -0.135. The Labute approximate surface area is 419 Å². The molecule has 3 rings (SSSR count). The molecule has 0 radical (unpaired) electrons. The zero-order valence-corrected chi connectivity index (χ0v) is 40.9. The predicted octanol–water partition coefficient (Wildman–Crippen LogP) is -1.13. The molecule has 20 N–H and O–H groups in total. The predicted molar refractivity (Wildman–Crippen MR) is 272 cm³/mol. The molecule has 7 atom stereocenters. The van der Waals surface area contributed by atoms with E-state index in [9.17, 15) is 43.8 Å². The molecule has 0 aromatic heterocycles. The minimum atomic E-state index is -1.44. The van der Waals surface area contributed by atoms with E-state index in [-0.39, 0.29) is 87.0 Å². The number of nitrogens with zero attached hydrogens (tertiary/aromatic N) is 2. The Balaban J connectivity index is 2.02. The minimum Gasteiger partial charge on any atom is -0.508 e. The molecular formula is C49H72N14O9. The summed E-state index contributed by atoms with van der Waals surface area (Å²) >= 11 is 0. The van der Waals surface area contributed by atoms with Crippen LogP contribution in [0, 0.1) is 5.92 Å². The third kappa shape index (κ3) is 21.0. The van der Waals surface area contributed by atoms with Crippen LogP contribution >= 0.6 is 0 Å². The smallest absolute Gasteiger partial charge is 0.251 e. The molecule has 0 fully saturated rings. The number of primary amides is 1. The van der Waals surface area contributed by atoms with Crippen molar-refractivity contribution in [2.75, 3.05) is 19.6 Å². The van der Waals surface area contributed by atoms with Crippen molar-refractivity contribution in [3.05, 3.63) is 95.6 Å². The molecule has 7 amide bonds. The first-order valence-corrected chi connectivity index (χ1v) is 23.8. The first-order valence-electron chi connectivity index (χ1n) is 23.8. The Kier molecular flexibility index (Phi) is 24.8. The number of rotatable bonds is 31. The van der Waals surface area contributed by atoms with Crippen LogP contribution in [0.15, 0.2) is 88.8 Å². The summed E-state index contributed by atoms with van der Waals surface area (Å²) in [4.78, 5) is 105. The third-order valence-corrected chi connectivity index (χ3v) is 11.6. The Morgan fingerprint density at radius 1 is 0.514 bits per heavy atom. The Hall–Kier alpha value is -7.95. The maximum absolute atomic E-state index is 14.6. The van der Waals surface area contributed by atoms with Crippen LogP contribution in [0.4, 0.5) is 0 Å². The maximum Gasteiger partial charge on any atom is 0.251 e. The number of carbonyl (C=O) groups excluding carboxylic acids is 7. The highest BCUT2D eigenvalue weighted by molar-refractivity contribution is 5.99. The third-order valence-electron chi connectivity index (χ3n) is 11.6. The lowest BCUT2D eigenvalue weighted by Gasteiger charge is -2.29. The summed E-state index contributed by atoms with van der Waals surface area (Å²) in [6, 6.07) is 12.3. The first kappa shape index (κ1) is 58.4. The van der Waals surface area contributed by atoms with E-state index < -0.39 is 83.5 Å². The molecular weight excluding hydrogens is 929 g/mol. The van der Waals surface area contributed by atoms with Crippen LogP contribution in [0.5, 0.6) is 11.5 Å². The largest absolute Gasteiger partial charge is 0.508 e. The normalized spacial score (nSPS) is 13.8. The van der Waals surface area contributed by atoms with Gasteiger partial charge >= 0.3 is 0 Å². The van der Waals surface area contributed by atoms with Crippen molar-refractivity contribution in [1.82, 2.24) is 31.9 Å². The molecule has 0 aliphatic rings. The highest BCUT2D eigenvalue weighted by Gasteiger charge is 2.35. The zero-order chi connectivity index (χ0) is 53.2. The molecule has 0 saturated heterocycles. The average Bonchev–Trinajstić information content (AvgIpc) is 3.35. The summed E-state index contributed by atoms with van der Waals surface area (Å²) in [5, 5.41) is 36.4. The molecule has 0 heterocycles. The number of aliphatic imine (C=N–C) groups is 2. The molecule has 0 saturated carbocycles. The molecule has 0 spiro atoms. The van der Waals surface area contributed by atoms with Gasteiger partial charge in [0.1, 0.15) is 47.8 Å². The number of carbonyl (C=O) groups is 7. The molecule has 0 unspecified atom stereocenters. The van der Waals surface area contributed by atoms with Gasteiger partial charge < -0.3 is 76.5 Å². The molecule has 392 valence electrons. The SMILES string of the molecule is CC[C@H](C)[C@H](NC(=O)[C@H](CCCN=C(N)N)NC(=O)[C@H](Cc1ccc(O)cc1)NC(=O)[C@H](Cc1ccc(O)cc1)NC(=O)[C@H](CCCN=C(N)N)NC(=O)c1ccccc1)C(=O)N[C@@H](CCCCN)C(N)=O. The highest BCUT2D eigenvalue weighted by atomic mass is 16.3. The van der Waals surface area contributed by atoms with Gasteiger partial charge in [0, 0.05) is 31.5 Å². The van der Waals surface area contributed by atoms with Gasteiger partial charge in [-0.3, -0.25) is 43.5 Å². The molecule has 23 nitrogen and oxygen atoms in total. The van der Waals surface area contributed by atoms with E-state index in [0.29, 0.717) is 36.9 Å². The number of hydrogen-bond donors (Lipinski definition) is 14. The number of nitrogens with two attached hydrogens (primary N) is 6. The van der Waals surface area contributed by atoms with Gasteiger partial charge in [0.15, 0.2) is 11.9 Å². The van der Waals surface area contributed by atoms with Crippen LogP contribution < -0.4 is 66.3 Å². The van der Waals surface area contributed by atoms with Crippen LogP contribution in [0.25, 0.3) is 0 Å². The van der Waals surface area contributed by atoms with E-state index in [1.54, 1.807) is 49.4 Å². The lowest BCUT2D eigenvalue weighted by atomic mass is 9.96. The van der Waals surface area contributed by atoms with Gasteiger partial charge in [-0.25, -0.2) is 0 Å². The van der Waals surface area contributed by atoms with Crippen molar-refractivity contribution >= 4 is 53.3 Å². The van der Waals surface area contributed by atoms with Gasteiger partial charge in [0.25, 0.3) is 5.91 Å². The first-order chi connectivity index (χ1) is 34.3. The number of guanidine groups is 2. The molecule has 3 aromatic carbocycles. The number of phenolic OH excluding ortho intramolecular Hbond substituents is 2. The summed E-state index contributed by atoms with van der Waals surface area (Å²) in [6.45, 7) is 4.10. The second-order valence-corrected chi connectivity index (χ2v) is 17.3. The zero-order valence-electron chi connectivity index (χ0n) is 40.9. The van der Waals surface area contributed by atoms with Crippen molar-refractivity contribution in [3.8, 4) is 11.5 Å². The fraction of sp³-hybridized carbons (Fsp3) is 0.449. The van der Waals surface area contributed by atoms with Gasteiger partial charge in [0.2, 0.25) is 35.4 Å². The number of aromatic hydroxyl groups is 2. The number of unbranched alkanes of at least 4 members (excludes halogenated alkanes) is 1. The van der Waals surface area contributed by atoms with E-state index in [1.807, 2.05) is 6.92 Å². The molecule has 0 aliphatic heterocycles. The Morgan fingerprint density at radius 2 is 0.931 bits per heavy atom. The number of phenols is 2. The number of hydrogen-bond acceptors (Lipinski definition) is 12. The molecule has 72 heavy (non-hydrogen) atoms. The van der Waals surface area contributed by atoms with Gasteiger partial charge in [-0.2, -0.15) is 0 Å². The van der Waals surface area contributed by atoms with E-state index in [0.717, 1.165) is 0 Å². The molecule has 0 aliphatic carbocycles. The summed E-state index contributed by atoms with van der Waals surface area (Å²) in [5.41, 5.74) is 34.6. The van der Waals surface area contributed by atoms with Gasteiger partial charge in [-0.05, 0) is 105 Å². The second kappa shape index (κ2) is 30.6. The van der Waals surface area contributed by atoms with Gasteiger partial charge in [-0.1, -0.05) is 62.7 Å². The van der Waals surface area contributed by atoms with E-state index >= 15 is 0 Å². The van der Waals surface area contributed by atoms with Gasteiger partial charge in [0.05, 0.1) is 0 Å². The van der Waals surface area contributed by atoms with Crippen molar-refractivity contribution < 1.29 is 43.8 Å². The second-order valence-electron chi connectivity index (χ2n) is 17.3. The quantitative estimate of drug-likeness (QED) is 0.0206. The fourth-order valence-corrected chi connectivity index (χ4v) is 7.34. The van der Waals surface area contributed by atoms with Crippen LogP contribution in [0.3, 0.4) is 0 Å². The van der Waals surface area contributed by atoms with Crippen LogP contribution in [-0.2, 0) is 41.6 Å². The summed E-state index contributed by atoms with van der Waals surface area (Å²) in [5.74, 6) is -6.17. The summed E-state index contributed by atoms with van der Waals surface area (Å²) < 4.78 is 0. The van der Waals surface area contributed by atoms with Crippen LogP contribution in [0.2, 0.25) is 0 Å². The van der Waals surface area contributed by atoms with Crippen molar-refractivity contribution in [2.45, 2.75) is 114 Å². The maximum atomic E-state index is 14.6. The fourth-order valence-electron chi connectivity index (χ4n) is 7.34. The Bertz CT molecular complexity index is 2290. The number of nitrogens with one attached hydrogen (secondary N) is 6. The summed E-state index contributed by atoms with van der Waals surface area (Å²) in [6.07, 6.45) is 1.83. The highest BCUT2D eigenvalue weighted by Crippen LogP contribution is 2.16. The van der Waals surface area contributed by atoms with Gasteiger partial charge in [-0.15, -0.1) is 0 Å². The van der Waals surface area contributed by atoms with E-state index in [4.69, 9.17) is 34.4 Å².